The number of nitrogens with zero attached hydrogens (tertiary/aromatic N) is 2. The molecule has 0 aliphatic carbocycles. The molecular weight excluding hydrogens is 428 g/mol. The molecule has 30 heavy (non-hydrogen) atoms. The topological polar surface area (TPSA) is 116 Å². The monoisotopic (exact) mass is 446 g/mol. The molecule has 0 amide bonds. The Kier molecular flexibility index (Phi) is 6.18. The van der Waals surface area contributed by atoms with E-state index in [1.807, 2.05) is 0 Å². The van der Waals surface area contributed by atoms with E-state index < -0.39 is 35.3 Å². The van der Waals surface area contributed by atoms with Crippen LogP contribution in [-0.4, -0.2) is 24.7 Å². The number of para-hydroxylation sites is 2. The molecule has 0 aromatic heterocycles. The summed E-state index contributed by atoms with van der Waals surface area (Å²) in [6, 6.07) is 19.5. The van der Waals surface area contributed by atoms with Crippen LogP contribution in [0.25, 0.3) is 0 Å². The molecule has 3 aromatic rings. The molecule has 8 nitrogen and oxygen atoms in total. The minimum absolute atomic E-state index is 0.193. The van der Waals surface area contributed by atoms with Gasteiger partial charge in [0.25, 0.3) is 15.7 Å². The van der Waals surface area contributed by atoms with Crippen molar-refractivity contribution < 1.29 is 22.3 Å². The molecule has 0 aliphatic heterocycles. The normalized spacial score (nSPS) is 13.2. The van der Waals surface area contributed by atoms with Crippen LogP contribution < -0.4 is 4.74 Å². The Hall–Kier alpha value is -3.24. The molecule has 0 aliphatic rings. The number of sulfonamides is 1. The average Bonchev–Trinajstić information content (AvgIpc) is 2.74. The van der Waals surface area contributed by atoms with E-state index in [0.717, 1.165) is 12.1 Å². The first-order valence-electron chi connectivity index (χ1n) is 8.68. The van der Waals surface area contributed by atoms with Crippen LogP contribution in [0.5, 0.6) is 5.75 Å². The van der Waals surface area contributed by atoms with E-state index in [2.05, 4.69) is 3.77 Å². The minimum atomic E-state index is -4.61. The van der Waals surface area contributed by atoms with Crippen molar-refractivity contribution in [3.63, 3.8) is 0 Å². The molecule has 0 fully saturated rings. The lowest BCUT2D eigenvalue weighted by Crippen LogP contribution is -2.11. The first-order valence-corrected chi connectivity index (χ1v) is 11.8. The van der Waals surface area contributed by atoms with Crippen LogP contribution in [-0.2, 0) is 25.5 Å². The zero-order chi connectivity index (χ0) is 21.8. The Balaban J connectivity index is 2.25. The second-order valence-electron chi connectivity index (χ2n) is 6.18. The predicted molar refractivity (Wildman–Crippen MR) is 112 cm³/mol. The van der Waals surface area contributed by atoms with Gasteiger partial charge in [-0.05, 0) is 24.3 Å². The SMILES string of the molecule is COc1ccccc1CS(=O)(=NS(=O)(=O)c1ccccc1[N+](=O)[O-])c1ccccc1. The largest absolute Gasteiger partial charge is 0.496 e. The Labute approximate surface area is 174 Å². The summed E-state index contributed by atoms with van der Waals surface area (Å²) in [6.07, 6.45) is 0. The highest BCUT2D eigenvalue weighted by Gasteiger charge is 2.28. The van der Waals surface area contributed by atoms with E-state index in [0.29, 0.717) is 11.3 Å². The van der Waals surface area contributed by atoms with Crippen molar-refractivity contribution in [3.05, 3.63) is 94.5 Å². The van der Waals surface area contributed by atoms with Gasteiger partial charge < -0.3 is 4.74 Å². The highest BCUT2D eigenvalue weighted by Crippen LogP contribution is 2.30. The van der Waals surface area contributed by atoms with Crippen LogP contribution in [0.15, 0.2) is 92.4 Å². The van der Waals surface area contributed by atoms with Gasteiger partial charge >= 0.3 is 0 Å². The summed E-state index contributed by atoms with van der Waals surface area (Å²) in [5.74, 6) is 0.181. The third-order valence-corrected chi connectivity index (χ3v) is 8.57. The van der Waals surface area contributed by atoms with E-state index in [1.54, 1.807) is 42.5 Å². The summed E-state index contributed by atoms with van der Waals surface area (Å²) in [5, 5.41) is 11.3. The van der Waals surface area contributed by atoms with E-state index in [-0.39, 0.29) is 10.6 Å². The molecule has 10 heteroatoms. The van der Waals surface area contributed by atoms with Gasteiger partial charge in [0, 0.05) is 16.5 Å². The van der Waals surface area contributed by atoms with Crippen LogP contribution in [0.4, 0.5) is 5.69 Å². The van der Waals surface area contributed by atoms with E-state index in [9.17, 15) is 22.7 Å². The summed E-state index contributed by atoms with van der Waals surface area (Å²) >= 11 is 0. The predicted octanol–water partition coefficient (Wildman–Crippen LogP) is 4.02. The Morgan fingerprint density at radius 3 is 2.17 bits per heavy atom. The summed E-state index contributed by atoms with van der Waals surface area (Å²) in [5.41, 5.74) is -0.135. The zero-order valence-corrected chi connectivity index (χ0v) is 17.5. The summed E-state index contributed by atoms with van der Waals surface area (Å²) in [7, 11) is -6.73. The molecule has 1 unspecified atom stereocenters. The van der Waals surface area contributed by atoms with Crippen LogP contribution in [0.2, 0.25) is 0 Å². The first kappa shape index (κ1) is 21.5. The van der Waals surface area contributed by atoms with E-state index in [4.69, 9.17) is 4.74 Å². The number of nitro benzene ring substituents is 1. The molecule has 0 saturated heterocycles. The van der Waals surface area contributed by atoms with Crippen molar-refractivity contribution in [1.82, 2.24) is 0 Å². The number of hydrogen-bond donors (Lipinski definition) is 0. The van der Waals surface area contributed by atoms with Crippen LogP contribution >= 0.6 is 0 Å². The highest BCUT2D eigenvalue weighted by molar-refractivity contribution is 8.03. The Morgan fingerprint density at radius 1 is 0.900 bits per heavy atom. The van der Waals surface area contributed by atoms with Crippen molar-refractivity contribution >= 4 is 25.4 Å². The van der Waals surface area contributed by atoms with Gasteiger partial charge in [-0.2, -0.15) is 8.42 Å². The molecule has 0 heterocycles. The molecule has 1 atom stereocenters. The molecular formula is C20H18N2O6S2. The molecule has 156 valence electrons. The van der Waals surface area contributed by atoms with Crippen molar-refractivity contribution in [2.75, 3.05) is 7.11 Å². The fourth-order valence-corrected chi connectivity index (χ4v) is 7.05. The van der Waals surface area contributed by atoms with Gasteiger partial charge in [-0.25, -0.2) is 4.21 Å². The van der Waals surface area contributed by atoms with Gasteiger partial charge in [0.15, 0.2) is 4.90 Å². The lowest BCUT2D eigenvalue weighted by atomic mass is 10.2. The molecule has 3 rings (SSSR count). The number of benzene rings is 3. The van der Waals surface area contributed by atoms with Gasteiger partial charge in [-0.1, -0.05) is 48.5 Å². The molecule has 0 saturated carbocycles. The smallest absolute Gasteiger partial charge is 0.297 e. The van der Waals surface area contributed by atoms with Crippen LogP contribution in [0, 0.1) is 10.1 Å². The quantitative estimate of drug-likeness (QED) is 0.400. The number of rotatable bonds is 7. The standard InChI is InChI=1S/C20H18N2O6S2/c1-28-19-13-7-5-9-16(19)15-29(25,17-10-3-2-4-11-17)21-30(26,27)20-14-8-6-12-18(20)22(23)24/h2-14H,15H2,1H3. The van der Waals surface area contributed by atoms with Gasteiger partial charge in [-0.3, -0.25) is 10.1 Å². The molecule has 3 aromatic carbocycles. The minimum Gasteiger partial charge on any atom is -0.496 e. The van der Waals surface area contributed by atoms with Gasteiger partial charge in [0.05, 0.1) is 27.5 Å². The van der Waals surface area contributed by atoms with Crippen molar-refractivity contribution in [3.8, 4) is 5.75 Å². The lowest BCUT2D eigenvalue weighted by molar-refractivity contribution is -0.387. The molecule has 0 spiro atoms. The fraction of sp³-hybridized carbons (Fsp3) is 0.100. The van der Waals surface area contributed by atoms with Crippen LogP contribution in [0.1, 0.15) is 5.56 Å². The van der Waals surface area contributed by atoms with E-state index >= 15 is 0 Å². The molecule has 0 bridgehead atoms. The zero-order valence-electron chi connectivity index (χ0n) is 15.9. The van der Waals surface area contributed by atoms with Crippen molar-refractivity contribution in [2.45, 2.75) is 15.5 Å². The van der Waals surface area contributed by atoms with Crippen LogP contribution in [0.3, 0.4) is 0 Å². The fourth-order valence-electron chi connectivity index (χ4n) is 2.84. The number of hydrogen-bond acceptors (Lipinski definition) is 6. The second-order valence-corrected chi connectivity index (χ2v) is 10.2. The summed E-state index contributed by atoms with van der Waals surface area (Å²) in [6.45, 7) is 0. The number of ether oxygens (including phenoxy) is 1. The third-order valence-electron chi connectivity index (χ3n) is 4.21. The highest BCUT2D eigenvalue weighted by atomic mass is 32.3. The van der Waals surface area contributed by atoms with Crippen molar-refractivity contribution in [1.29, 1.82) is 0 Å². The molecule has 0 radical (unpaired) electrons. The average molecular weight is 447 g/mol. The maximum absolute atomic E-state index is 13.9. The second kappa shape index (κ2) is 8.64. The van der Waals surface area contributed by atoms with Gasteiger partial charge in [0.1, 0.15) is 5.75 Å². The maximum atomic E-state index is 13.9. The Bertz CT molecular complexity index is 1300. The van der Waals surface area contributed by atoms with Gasteiger partial charge in [0.2, 0.25) is 0 Å². The first-order chi connectivity index (χ1) is 14.3. The maximum Gasteiger partial charge on any atom is 0.297 e. The third kappa shape index (κ3) is 4.50. The van der Waals surface area contributed by atoms with E-state index in [1.165, 1.54) is 31.4 Å². The lowest BCUT2D eigenvalue weighted by Gasteiger charge is -2.13. The number of nitro groups is 1. The summed E-state index contributed by atoms with van der Waals surface area (Å²) < 4.78 is 49.0. The summed E-state index contributed by atoms with van der Waals surface area (Å²) in [4.78, 5) is 10.1. The Morgan fingerprint density at radius 2 is 1.50 bits per heavy atom. The molecule has 0 N–H and O–H groups in total. The van der Waals surface area contributed by atoms with Crippen molar-refractivity contribution in [2.24, 2.45) is 3.77 Å². The number of methoxy groups -OCH3 is 1. The van der Waals surface area contributed by atoms with Gasteiger partial charge in [-0.15, -0.1) is 3.77 Å².